The molecule has 1 unspecified atom stereocenters. The van der Waals surface area contributed by atoms with Crippen LogP contribution in [-0.2, 0) is 9.59 Å². The predicted octanol–water partition coefficient (Wildman–Crippen LogP) is 5.52. The quantitative estimate of drug-likeness (QED) is 0.223. The minimum atomic E-state index is -1.11. The van der Waals surface area contributed by atoms with E-state index in [9.17, 15) is 28.6 Å². The van der Waals surface area contributed by atoms with E-state index < -0.39 is 29.4 Å². The van der Waals surface area contributed by atoms with E-state index in [-0.39, 0.29) is 32.4 Å². The molecule has 4 aromatic rings. The number of carbonyl (C=O) groups is 2. The molecule has 9 heteroatoms. The number of anilines is 1. The van der Waals surface area contributed by atoms with Crippen molar-refractivity contribution in [3.63, 3.8) is 0 Å². The lowest BCUT2D eigenvalue weighted by Crippen LogP contribution is -2.29. The van der Waals surface area contributed by atoms with Gasteiger partial charge in [-0.25, -0.2) is 13.8 Å². The summed E-state index contributed by atoms with van der Waals surface area (Å²) in [6.45, 7) is 3.76. The average Bonchev–Trinajstić information content (AvgIpc) is 3.34. The second-order valence-corrected chi connectivity index (χ2v) is 9.30. The van der Waals surface area contributed by atoms with Crippen molar-refractivity contribution < 1.29 is 28.6 Å². The molecule has 0 aliphatic carbocycles. The molecule has 1 aliphatic rings. The smallest absolute Gasteiger partial charge is 0.301 e. The molecule has 0 spiro atoms. The van der Waals surface area contributed by atoms with Crippen molar-refractivity contribution in [2.75, 3.05) is 4.90 Å². The van der Waals surface area contributed by atoms with Crippen LogP contribution in [0.1, 0.15) is 28.3 Å². The highest BCUT2D eigenvalue weighted by Gasteiger charge is 2.48. The Morgan fingerprint density at radius 3 is 2.40 bits per heavy atom. The van der Waals surface area contributed by atoms with Crippen LogP contribution in [0.25, 0.3) is 16.0 Å². The van der Waals surface area contributed by atoms with Crippen molar-refractivity contribution >= 4 is 44.1 Å². The van der Waals surface area contributed by atoms with Crippen molar-refractivity contribution in [2.45, 2.75) is 19.9 Å². The molecule has 0 bridgehead atoms. The molecule has 1 saturated heterocycles. The molecule has 2 heterocycles. The van der Waals surface area contributed by atoms with Crippen LogP contribution in [0.3, 0.4) is 0 Å². The Morgan fingerprint density at radius 1 is 1.00 bits per heavy atom. The van der Waals surface area contributed by atoms with E-state index in [2.05, 4.69) is 4.98 Å². The van der Waals surface area contributed by atoms with Crippen LogP contribution in [0.2, 0.25) is 0 Å². The van der Waals surface area contributed by atoms with Crippen molar-refractivity contribution in [1.29, 1.82) is 0 Å². The fraction of sp³-hybridized carbons (Fsp3) is 0.115. The number of hydrogen-bond donors (Lipinski definition) is 2. The first-order valence-corrected chi connectivity index (χ1v) is 11.4. The van der Waals surface area contributed by atoms with Gasteiger partial charge in [-0.2, -0.15) is 0 Å². The molecule has 5 rings (SSSR count). The minimum absolute atomic E-state index is 0.0242. The Kier molecular flexibility index (Phi) is 5.36. The molecule has 1 aliphatic heterocycles. The molecule has 6 nitrogen and oxygen atoms in total. The third-order valence-electron chi connectivity index (χ3n) is 6.04. The highest BCUT2D eigenvalue weighted by atomic mass is 32.1. The molecule has 0 radical (unpaired) electrons. The van der Waals surface area contributed by atoms with Gasteiger partial charge in [0, 0.05) is 11.6 Å². The predicted molar refractivity (Wildman–Crippen MR) is 128 cm³/mol. The number of fused-ring (bicyclic) bond motifs is 1. The van der Waals surface area contributed by atoms with Crippen LogP contribution in [0.15, 0.2) is 60.2 Å². The van der Waals surface area contributed by atoms with Gasteiger partial charge in [-0.1, -0.05) is 35.6 Å². The van der Waals surface area contributed by atoms with Gasteiger partial charge in [0.05, 0.1) is 16.3 Å². The zero-order valence-electron chi connectivity index (χ0n) is 18.5. The van der Waals surface area contributed by atoms with Crippen LogP contribution in [0, 0.1) is 25.5 Å². The molecule has 2 N–H and O–H groups in total. The maximum Gasteiger partial charge on any atom is 0.301 e. The number of rotatable bonds is 3. The summed E-state index contributed by atoms with van der Waals surface area (Å²) in [5, 5.41) is 20.9. The van der Waals surface area contributed by atoms with E-state index in [4.69, 9.17) is 0 Å². The molecule has 1 atom stereocenters. The van der Waals surface area contributed by atoms with Crippen LogP contribution in [-0.4, -0.2) is 26.9 Å². The number of ketones is 1. The van der Waals surface area contributed by atoms with Gasteiger partial charge in [-0.05, 0) is 54.8 Å². The molecular weight excluding hydrogens is 474 g/mol. The molecule has 0 saturated carbocycles. The fourth-order valence-electron chi connectivity index (χ4n) is 4.09. The van der Waals surface area contributed by atoms with Crippen molar-refractivity contribution in [3.05, 3.63) is 94.1 Å². The second kappa shape index (κ2) is 8.28. The number of aliphatic hydroxyl groups is 1. The summed E-state index contributed by atoms with van der Waals surface area (Å²) < 4.78 is 28.3. The van der Waals surface area contributed by atoms with Gasteiger partial charge >= 0.3 is 5.91 Å². The lowest BCUT2D eigenvalue weighted by atomic mass is 9.94. The Morgan fingerprint density at radius 2 is 1.71 bits per heavy atom. The monoisotopic (exact) mass is 492 g/mol. The summed E-state index contributed by atoms with van der Waals surface area (Å²) in [6, 6.07) is 11.6. The van der Waals surface area contributed by atoms with Crippen LogP contribution in [0.5, 0.6) is 5.75 Å². The number of carbonyl (C=O) groups excluding carboxylic acids is 2. The van der Waals surface area contributed by atoms with Crippen LogP contribution in [0.4, 0.5) is 13.9 Å². The highest BCUT2D eigenvalue weighted by Crippen LogP contribution is 2.45. The molecule has 176 valence electrons. The molecule has 1 fully saturated rings. The molecule has 35 heavy (non-hydrogen) atoms. The second-order valence-electron chi connectivity index (χ2n) is 8.29. The summed E-state index contributed by atoms with van der Waals surface area (Å²) in [5.74, 6) is -3.99. The Hall–Kier alpha value is -4.11. The van der Waals surface area contributed by atoms with Crippen molar-refractivity contribution in [2.24, 2.45) is 0 Å². The zero-order valence-corrected chi connectivity index (χ0v) is 19.4. The third kappa shape index (κ3) is 3.74. The Balaban J connectivity index is 1.75. The lowest BCUT2D eigenvalue weighted by molar-refractivity contribution is -0.132. The number of phenolic OH excluding ortho intramolecular Hbond substituents is 1. The summed E-state index contributed by atoms with van der Waals surface area (Å²) >= 11 is 0.852. The number of aromatic hydroxyl groups is 1. The largest absolute Gasteiger partial charge is 0.508 e. The number of amides is 1. The van der Waals surface area contributed by atoms with Gasteiger partial charge in [-0.3, -0.25) is 14.5 Å². The number of thiazole rings is 1. The van der Waals surface area contributed by atoms with E-state index in [0.717, 1.165) is 33.4 Å². The van der Waals surface area contributed by atoms with Gasteiger partial charge in [0.15, 0.2) is 10.9 Å². The summed E-state index contributed by atoms with van der Waals surface area (Å²) in [7, 11) is 0. The zero-order chi connectivity index (χ0) is 25.0. The maximum absolute atomic E-state index is 14.3. The third-order valence-corrected chi connectivity index (χ3v) is 7.04. The van der Waals surface area contributed by atoms with Gasteiger partial charge in [0.2, 0.25) is 0 Å². The van der Waals surface area contributed by atoms with E-state index in [1.165, 1.54) is 24.3 Å². The van der Waals surface area contributed by atoms with Crippen molar-refractivity contribution in [3.8, 4) is 5.75 Å². The number of aryl methyl sites for hydroxylation is 2. The van der Waals surface area contributed by atoms with Crippen LogP contribution >= 0.6 is 11.3 Å². The van der Waals surface area contributed by atoms with E-state index in [1.807, 2.05) is 13.8 Å². The first-order chi connectivity index (χ1) is 16.7. The number of aromatic nitrogens is 1. The Labute approximate surface area is 202 Å². The first kappa shape index (κ1) is 22.7. The van der Waals surface area contributed by atoms with E-state index in [0.29, 0.717) is 17.2 Å². The normalized spacial score (nSPS) is 17.5. The standard InChI is InChI=1S/C26H18F2N2O4S/c1-12-3-4-15(9-13(12)2)23(32)20-22(14-5-7-17(31)8-6-14)30(25(34)24(20)33)26-29-21-18(28)10-16(27)11-19(21)35-26/h3-11,22,31-32H,1-2H3/b23-20+. The number of aliphatic hydroxyl groups excluding tert-OH is 1. The molecule has 3 aromatic carbocycles. The van der Waals surface area contributed by atoms with Gasteiger partial charge < -0.3 is 10.2 Å². The number of nitrogens with zero attached hydrogens (tertiary/aromatic N) is 2. The Bertz CT molecular complexity index is 1560. The molecule has 1 amide bonds. The maximum atomic E-state index is 14.3. The van der Waals surface area contributed by atoms with Gasteiger partial charge in [-0.15, -0.1) is 0 Å². The average molecular weight is 493 g/mol. The number of halogens is 2. The minimum Gasteiger partial charge on any atom is -0.508 e. The number of Topliss-reactive ketones (excluding diaryl/α,β-unsaturated/α-hetero) is 1. The topological polar surface area (TPSA) is 90.7 Å². The van der Waals surface area contributed by atoms with Gasteiger partial charge in [0.1, 0.15) is 22.8 Å². The SMILES string of the molecule is Cc1ccc(/C(O)=C2\C(=O)C(=O)N(c3nc4c(F)cc(F)cc4s3)C2c2ccc(O)cc2)cc1C. The number of benzene rings is 3. The lowest BCUT2D eigenvalue weighted by Gasteiger charge is -2.23. The van der Waals surface area contributed by atoms with E-state index >= 15 is 0 Å². The molecule has 1 aromatic heterocycles. The van der Waals surface area contributed by atoms with E-state index in [1.54, 1.807) is 18.2 Å². The first-order valence-electron chi connectivity index (χ1n) is 10.6. The molecular formula is C26H18F2N2O4S. The summed E-state index contributed by atoms with van der Waals surface area (Å²) in [4.78, 5) is 31.7. The number of phenols is 1. The van der Waals surface area contributed by atoms with Crippen molar-refractivity contribution in [1.82, 2.24) is 4.98 Å². The fourth-order valence-corrected chi connectivity index (χ4v) is 5.13. The number of hydrogen-bond acceptors (Lipinski definition) is 6. The summed E-state index contributed by atoms with van der Waals surface area (Å²) in [5.41, 5.74) is 2.33. The van der Waals surface area contributed by atoms with Crippen LogP contribution < -0.4 is 4.90 Å². The summed E-state index contributed by atoms with van der Waals surface area (Å²) in [6.07, 6.45) is 0. The van der Waals surface area contributed by atoms with Gasteiger partial charge in [0.25, 0.3) is 5.78 Å². The highest BCUT2D eigenvalue weighted by molar-refractivity contribution is 7.22.